The van der Waals surface area contributed by atoms with E-state index in [2.05, 4.69) is 6.92 Å². The van der Waals surface area contributed by atoms with E-state index >= 15 is 0 Å². The summed E-state index contributed by atoms with van der Waals surface area (Å²) in [6.45, 7) is 3.39. The quantitative estimate of drug-likeness (QED) is 0.826. The van der Waals surface area contributed by atoms with Gasteiger partial charge in [-0.1, -0.05) is 19.4 Å². The maximum absolute atomic E-state index is 6.04. The summed E-state index contributed by atoms with van der Waals surface area (Å²) in [6.07, 6.45) is 2.09. The molecule has 3 nitrogen and oxygen atoms in total. The molecular weight excluding hydrogens is 190 g/mol. The lowest BCUT2D eigenvalue weighted by Gasteiger charge is -2.20. The maximum atomic E-state index is 6.04. The van der Waals surface area contributed by atoms with E-state index in [4.69, 9.17) is 15.2 Å². The fraction of sp³-hybridized carbons (Fsp3) is 0.500. The number of nitrogens with two attached hydrogens (primary N) is 1. The van der Waals surface area contributed by atoms with Crippen molar-refractivity contribution >= 4 is 0 Å². The molecule has 1 aromatic carbocycles. The normalized spacial score (nSPS) is 16.1. The molecule has 1 aliphatic heterocycles. The molecule has 0 aliphatic carbocycles. The third-order valence-corrected chi connectivity index (χ3v) is 2.59. The molecule has 15 heavy (non-hydrogen) atoms. The summed E-state index contributed by atoms with van der Waals surface area (Å²) in [6, 6.07) is 6.06. The predicted octanol–water partition coefficient (Wildman–Crippen LogP) is 2.26. The Morgan fingerprint density at radius 2 is 2.00 bits per heavy atom. The summed E-state index contributed by atoms with van der Waals surface area (Å²) in [5, 5.41) is 0. The van der Waals surface area contributed by atoms with Crippen LogP contribution in [0.4, 0.5) is 0 Å². The second-order valence-corrected chi connectivity index (χ2v) is 3.80. The Hall–Kier alpha value is -1.22. The summed E-state index contributed by atoms with van der Waals surface area (Å²) in [5.74, 6) is 1.65. The van der Waals surface area contributed by atoms with Gasteiger partial charge in [0.2, 0.25) is 0 Å². The van der Waals surface area contributed by atoms with Crippen LogP contribution in [0, 0.1) is 0 Å². The summed E-state index contributed by atoms with van der Waals surface area (Å²) in [4.78, 5) is 0. The molecule has 1 aliphatic rings. The monoisotopic (exact) mass is 207 g/mol. The zero-order valence-electron chi connectivity index (χ0n) is 9.03. The van der Waals surface area contributed by atoms with E-state index in [1.54, 1.807) is 0 Å². The van der Waals surface area contributed by atoms with Crippen LogP contribution >= 0.6 is 0 Å². The lowest BCUT2D eigenvalue weighted by Crippen LogP contribution is -2.16. The van der Waals surface area contributed by atoms with Gasteiger partial charge in [-0.2, -0.15) is 0 Å². The summed E-state index contributed by atoms with van der Waals surface area (Å²) in [5.41, 5.74) is 7.17. The molecule has 0 saturated heterocycles. The van der Waals surface area contributed by atoms with Crippen LogP contribution in [-0.2, 0) is 0 Å². The minimum absolute atomic E-state index is 0.103. The highest BCUT2D eigenvalue weighted by Gasteiger charge is 2.13. The van der Waals surface area contributed by atoms with Crippen LogP contribution in [0.2, 0.25) is 0 Å². The lowest BCUT2D eigenvalue weighted by molar-refractivity contribution is 0.171. The van der Waals surface area contributed by atoms with Crippen molar-refractivity contribution in [1.82, 2.24) is 0 Å². The summed E-state index contributed by atoms with van der Waals surface area (Å²) >= 11 is 0. The SMILES string of the molecule is CCC[C@@H](N)c1ccc2c(c1)OCCO2. The van der Waals surface area contributed by atoms with Gasteiger partial charge in [-0.05, 0) is 24.1 Å². The number of ether oxygens (including phenoxy) is 2. The zero-order valence-corrected chi connectivity index (χ0v) is 9.03. The number of benzene rings is 1. The van der Waals surface area contributed by atoms with Crippen molar-refractivity contribution in [2.24, 2.45) is 5.73 Å². The first-order valence-electron chi connectivity index (χ1n) is 5.46. The Balaban J connectivity index is 2.20. The topological polar surface area (TPSA) is 44.5 Å². The average Bonchev–Trinajstić information content (AvgIpc) is 2.29. The van der Waals surface area contributed by atoms with Gasteiger partial charge in [0.1, 0.15) is 13.2 Å². The molecule has 0 bridgehead atoms. The van der Waals surface area contributed by atoms with Crippen LogP contribution in [0.3, 0.4) is 0 Å². The minimum atomic E-state index is 0.103. The highest BCUT2D eigenvalue weighted by atomic mass is 16.6. The highest BCUT2D eigenvalue weighted by molar-refractivity contribution is 5.44. The summed E-state index contributed by atoms with van der Waals surface area (Å²) < 4.78 is 11.0. The third kappa shape index (κ3) is 2.23. The van der Waals surface area contributed by atoms with Gasteiger partial charge in [0.25, 0.3) is 0 Å². The van der Waals surface area contributed by atoms with Crippen molar-refractivity contribution in [1.29, 1.82) is 0 Å². The largest absolute Gasteiger partial charge is 0.486 e. The van der Waals surface area contributed by atoms with E-state index in [1.807, 2.05) is 18.2 Å². The first kappa shape index (κ1) is 10.3. The molecule has 1 atom stereocenters. The van der Waals surface area contributed by atoms with Crippen molar-refractivity contribution in [2.45, 2.75) is 25.8 Å². The second kappa shape index (κ2) is 4.53. The van der Waals surface area contributed by atoms with Crippen molar-refractivity contribution in [3.63, 3.8) is 0 Å². The Bertz CT molecular complexity index is 338. The number of hydrogen-bond acceptors (Lipinski definition) is 3. The molecule has 0 saturated carbocycles. The Morgan fingerprint density at radius 1 is 1.27 bits per heavy atom. The molecule has 1 aromatic rings. The number of rotatable bonds is 3. The Labute approximate surface area is 90.2 Å². The average molecular weight is 207 g/mol. The van der Waals surface area contributed by atoms with Gasteiger partial charge in [0.05, 0.1) is 0 Å². The van der Waals surface area contributed by atoms with Gasteiger partial charge in [-0.3, -0.25) is 0 Å². The van der Waals surface area contributed by atoms with Gasteiger partial charge in [-0.25, -0.2) is 0 Å². The highest BCUT2D eigenvalue weighted by Crippen LogP contribution is 2.32. The first-order chi connectivity index (χ1) is 7.31. The molecule has 0 unspecified atom stereocenters. The molecule has 0 radical (unpaired) electrons. The maximum Gasteiger partial charge on any atom is 0.161 e. The molecule has 0 fully saturated rings. The van der Waals surface area contributed by atoms with Gasteiger partial charge < -0.3 is 15.2 Å². The smallest absolute Gasteiger partial charge is 0.161 e. The van der Waals surface area contributed by atoms with E-state index in [9.17, 15) is 0 Å². The Morgan fingerprint density at radius 3 is 2.73 bits per heavy atom. The van der Waals surface area contributed by atoms with Crippen molar-refractivity contribution in [2.75, 3.05) is 13.2 Å². The van der Waals surface area contributed by atoms with Crippen molar-refractivity contribution in [3.8, 4) is 11.5 Å². The fourth-order valence-corrected chi connectivity index (χ4v) is 1.77. The van der Waals surface area contributed by atoms with Gasteiger partial charge >= 0.3 is 0 Å². The predicted molar refractivity (Wildman–Crippen MR) is 59.3 cm³/mol. The van der Waals surface area contributed by atoms with E-state index in [-0.39, 0.29) is 6.04 Å². The zero-order chi connectivity index (χ0) is 10.7. The van der Waals surface area contributed by atoms with E-state index in [0.717, 1.165) is 29.9 Å². The molecular formula is C12H17NO2. The van der Waals surface area contributed by atoms with Gasteiger partial charge in [0, 0.05) is 6.04 Å². The molecule has 82 valence electrons. The lowest BCUT2D eigenvalue weighted by atomic mass is 10.0. The molecule has 0 aromatic heterocycles. The van der Waals surface area contributed by atoms with Crippen LogP contribution in [0.1, 0.15) is 31.4 Å². The molecule has 0 spiro atoms. The van der Waals surface area contributed by atoms with Gasteiger partial charge in [0.15, 0.2) is 11.5 Å². The number of fused-ring (bicyclic) bond motifs is 1. The first-order valence-corrected chi connectivity index (χ1v) is 5.46. The van der Waals surface area contributed by atoms with Crippen LogP contribution in [0.25, 0.3) is 0 Å². The van der Waals surface area contributed by atoms with Crippen molar-refractivity contribution in [3.05, 3.63) is 23.8 Å². The van der Waals surface area contributed by atoms with E-state index in [1.165, 1.54) is 0 Å². The standard InChI is InChI=1S/C12H17NO2/c1-2-3-10(13)9-4-5-11-12(8-9)15-7-6-14-11/h4-5,8,10H,2-3,6-7,13H2,1H3/t10-/m1/s1. The molecule has 3 heteroatoms. The molecule has 2 N–H and O–H groups in total. The van der Waals surface area contributed by atoms with Crippen LogP contribution in [0.15, 0.2) is 18.2 Å². The van der Waals surface area contributed by atoms with Crippen molar-refractivity contribution < 1.29 is 9.47 Å². The Kier molecular flexibility index (Phi) is 3.11. The minimum Gasteiger partial charge on any atom is -0.486 e. The molecule has 2 rings (SSSR count). The van der Waals surface area contributed by atoms with E-state index < -0.39 is 0 Å². The van der Waals surface area contributed by atoms with E-state index in [0.29, 0.717) is 13.2 Å². The fourth-order valence-electron chi connectivity index (χ4n) is 1.77. The third-order valence-electron chi connectivity index (χ3n) is 2.59. The van der Waals surface area contributed by atoms with Crippen LogP contribution < -0.4 is 15.2 Å². The van der Waals surface area contributed by atoms with Gasteiger partial charge in [-0.15, -0.1) is 0 Å². The summed E-state index contributed by atoms with van der Waals surface area (Å²) in [7, 11) is 0. The molecule has 0 amide bonds. The second-order valence-electron chi connectivity index (χ2n) is 3.80. The van der Waals surface area contributed by atoms with Crippen LogP contribution in [0.5, 0.6) is 11.5 Å². The molecule has 1 heterocycles. The number of hydrogen-bond donors (Lipinski definition) is 1. The van der Waals surface area contributed by atoms with Crippen LogP contribution in [-0.4, -0.2) is 13.2 Å².